The average Bonchev–Trinajstić information content (AvgIpc) is 3.39. The molecule has 50 heavy (non-hydrogen) atoms. The minimum absolute atomic E-state index is 0.0680. The summed E-state index contributed by atoms with van der Waals surface area (Å²) < 4.78 is 30.2. The molecule has 0 saturated carbocycles. The summed E-state index contributed by atoms with van der Waals surface area (Å²) in [6.07, 6.45) is 7.27. The van der Waals surface area contributed by atoms with E-state index in [0.29, 0.717) is 64.0 Å². The number of nitrogens with one attached hydrogen (secondary N) is 3. The number of imide groups is 1. The number of ether oxygens (including phenoxy) is 2. The molecule has 0 saturated heterocycles. The summed E-state index contributed by atoms with van der Waals surface area (Å²) in [5.41, 5.74) is 2.09. The fourth-order valence-corrected chi connectivity index (χ4v) is 4.63. The Hall–Kier alpha value is -3.95. The van der Waals surface area contributed by atoms with E-state index in [1.54, 1.807) is 18.2 Å². The summed E-state index contributed by atoms with van der Waals surface area (Å²) in [4.78, 5) is 72.7. The SMILES string of the molecule is CC.CC(=O)OCc1ccc(NC(=O)C(C)NC(=O)CNC(=O)CCCCCN2C(=O)C=CC2=O)cc1CCCOCCCS(=O)O.CCC. The molecule has 14 nitrogen and oxygen atoms in total. The van der Waals surface area contributed by atoms with Crippen molar-refractivity contribution < 1.29 is 47.0 Å². The Balaban J connectivity index is 0.00000454. The van der Waals surface area contributed by atoms with Crippen LogP contribution in [0.1, 0.15) is 97.6 Å². The number of unbranched alkanes of at least 4 members (excludes halogenated alkanes) is 2. The molecule has 0 bridgehead atoms. The van der Waals surface area contributed by atoms with Crippen molar-refractivity contribution in [2.45, 2.75) is 106 Å². The molecule has 2 atom stereocenters. The highest BCUT2D eigenvalue weighted by molar-refractivity contribution is 7.79. The number of hydrogen-bond acceptors (Lipinski definition) is 9. The Morgan fingerprint density at radius 1 is 0.920 bits per heavy atom. The zero-order valence-electron chi connectivity index (χ0n) is 30.3. The number of hydrogen-bond donors (Lipinski definition) is 4. The molecule has 1 aliphatic rings. The quantitative estimate of drug-likeness (QED) is 0.0626. The van der Waals surface area contributed by atoms with Gasteiger partial charge in [-0.3, -0.25) is 33.7 Å². The minimum Gasteiger partial charge on any atom is -0.461 e. The Kier molecular flexibility index (Phi) is 25.6. The second-order valence-corrected chi connectivity index (χ2v) is 12.1. The molecule has 0 spiro atoms. The maximum Gasteiger partial charge on any atom is 0.302 e. The minimum atomic E-state index is -1.85. The topological polar surface area (TPSA) is 198 Å². The lowest BCUT2D eigenvalue weighted by Crippen LogP contribution is -2.45. The Morgan fingerprint density at radius 3 is 2.18 bits per heavy atom. The van der Waals surface area contributed by atoms with Crippen molar-refractivity contribution in [3.63, 3.8) is 0 Å². The molecule has 0 aliphatic carbocycles. The number of aryl methyl sites for hydroxylation is 1. The fraction of sp³-hybridized carbons (Fsp3) is 0.600. The van der Waals surface area contributed by atoms with Crippen LogP contribution in [0, 0.1) is 0 Å². The number of amides is 5. The number of carbonyl (C=O) groups is 6. The van der Waals surface area contributed by atoms with Gasteiger partial charge in [-0.1, -0.05) is 46.6 Å². The van der Waals surface area contributed by atoms with E-state index >= 15 is 0 Å². The standard InChI is InChI=1S/C30H42N4O10S.C3H8.C2H6/c1-21(32-27(37)19-31-26(36)9-4-3-5-14-34-28(38)12-13-29(34)39)30(40)33-25-11-10-24(20-44-22(2)35)23(18-25)8-6-15-43-16-7-17-45(41)42;1-3-2;1-2/h10-13,18,21H,3-9,14-17,19-20H2,1-2H3,(H,31,36)(H,32,37)(H,33,40)(H,41,42);3H2,1-2H3;1-2H3. The fourth-order valence-electron chi connectivity index (χ4n) is 4.27. The Labute approximate surface area is 298 Å². The van der Waals surface area contributed by atoms with E-state index in [1.165, 1.54) is 32.4 Å². The molecular weight excluding hydrogens is 668 g/mol. The van der Waals surface area contributed by atoms with E-state index in [2.05, 4.69) is 29.8 Å². The monoisotopic (exact) mass is 724 g/mol. The van der Waals surface area contributed by atoms with Gasteiger partial charge >= 0.3 is 5.97 Å². The molecule has 1 aromatic rings. The highest BCUT2D eigenvalue weighted by Gasteiger charge is 2.22. The van der Waals surface area contributed by atoms with Crippen molar-refractivity contribution in [3.8, 4) is 0 Å². The van der Waals surface area contributed by atoms with Gasteiger partial charge in [0, 0.05) is 50.9 Å². The number of benzene rings is 1. The first-order valence-electron chi connectivity index (χ1n) is 17.2. The van der Waals surface area contributed by atoms with Crippen molar-refractivity contribution in [2.75, 3.05) is 37.4 Å². The summed E-state index contributed by atoms with van der Waals surface area (Å²) in [6.45, 7) is 11.9. The van der Waals surface area contributed by atoms with Crippen LogP contribution in [0.5, 0.6) is 0 Å². The molecule has 0 fully saturated rings. The number of rotatable bonds is 21. The maximum absolute atomic E-state index is 12.8. The summed E-state index contributed by atoms with van der Waals surface area (Å²) in [7, 11) is 0. The first-order valence-corrected chi connectivity index (χ1v) is 18.5. The van der Waals surface area contributed by atoms with Gasteiger partial charge < -0.3 is 30.0 Å². The highest BCUT2D eigenvalue weighted by Crippen LogP contribution is 2.19. The van der Waals surface area contributed by atoms with Crippen LogP contribution in [0.25, 0.3) is 0 Å². The molecule has 282 valence electrons. The Bertz CT molecular complexity index is 1270. The third kappa shape index (κ3) is 21.2. The van der Waals surface area contributed by atoms with Crippen molar-refractivity contribution in [3.05, 3.63) is 41.5 Å². The van der Waals surface area contributed by atoms with Crippen molar-refractivity contribution in [1.29, 1.82) is 0 Å². The largest absolute Gasteiger partial charge is 0.461 e. The van der Waals surface area contributed by atoms with Gasteiger partial charge in [0.05, 0.1) is 12.3 Å². The van der Waals surface area contributed by atoms with E-state index in [1.807, 2.05) is 13.8 Å². The van der Waals surface area contributed by atoms with Gasteiger partial charge in [-0.15, -0.1) is 0 Å². The molecule has 1 aromatic carbocycles. The number of nitrogens with zero attached hydrogens (tertiary/aromatic N) is 1. The molecule has 15 heteroatoms. The average molecular weight is 725 g/mol. The number of carbonyl (C=O) groups excluding carboxylic acids is 6. The van der Waals surface area contributed by atoms with Gasteiger partial charge in [0.2, 0.25) is 17.7 Å². The predicted octanol–water partition coefficient (Wildman–Crippen LogP) is 3.80. The summed E-state index contributed by atoms with van der Waals surface area (Å²) in [6, 6.07) is 4.27. The molecular formula is C35H56N4O10S. The molecule has 2 unspecified atom stereocenters. The summed E-state index contributed by atoms with van der Waals surface area (Å²) >= 11 is -1.85. The number of esters is 1. The normalized spacial score (nSPS) is 12.9. The second kappa shape index (κ2) is 27.8. The van der Waals surface area contributed by atoms with Crippen LogP contribution >= 0.6 is 0 Å². The maximum atomic E-state index is 12.8. The van der Waals surface area contributed by atoms with Crippen LogP contribution in [-0.2, 0) is 62.3 Å². The van der Waals surface area contributed by atoms with E-state index in [9.17, 15) is 33.0 Å². The molecule has 1 heterocycles. The van der Waals surface area contributed by atoms with Gasteiger partial charge in [0.1, 0.15) is 12.6 Å². The second-order valence-electron chi connectivity index (χ2n) is 11.1. The van der Waals surface area contributed by atoms with E-state index in [-0.39, 0.29) is 43.0 Å². The van der Waals surface area contributed by atoms with Gasteiger partial charge in [-0.2, -0.15) is 0 Å². The molecule has 2 rings (SSSR count). The van der Waals surface area contributed by atoms with Crippen LogP contribution in [0.2, 0.25) is 0 Å². The zero-order valence-corrected chi connectivity index (χ0v) is 31.2. The van der Waals surface area contributed by atoms with Gasteiger partial charge in [0.15, 0.2) is 11.1 Å². The molecule has 4 N–H and O–H groups in total. The van der Waals surface area contributed by atoms with Crippen LogP contribution in [0.4, 0.5) is 5.69 Å². The lowest BCUT2D eigenvalue weighted by molar-refractivity contribution is -0.142. The van der Waals surface area contributed by atoms with Gasteiger partial charge in [-0.05, 0) is 62.3 Å². The lowest BCUT2D eigenvalue weighted by Gasteiger charge is -2.16. The van der Waals surface area contributed by atoms with Crippen LogP contribution < -0.4 is 16.0 Å². The van der Waals surface area contributed by atoms with Gasteiger partial charge in [0.25, 0.3) is 11.8 Å². The summed E-state index contributed by atoms with van der Waals surface area (Å²) in [5.74, 6) is -2.28. The van der Waals surface area contributed by atoms with Crippen LogP contribution in [-0.4, -0.2) is 87.3 Å². The number of anilines is 1. The van der Waals surface area contributed by atoms with Crippen LogP contribution in [0.3, 0.4) is 0 Å². The third-order valence-electron chi connectivity index (χ3n) is 6.65. The Morgan fingerprint density at radius 2 is 1.56 bits per heavy atom. The third-order valence-corrected chi connectivity index (χ3v) is 7.29. The zero-order chi connectivity index (χ0) is 37.9. The van der Waals surface area contributed by atoms with E-state index in [0.717, 1.165) is 16.0 Å². The first kappa shape index (κ1) is 46.0. The van der Waals surface area contributed by atoms with E-state index in [4.69, 9.17) is 14.0 Å². The molecule has 0 aromatic heterocycles. The summed E-state index contributed by atoms with van der Waals surface area (Å²) in [5, 5.41) is 7.82. The highest BCUT2D eigenvalue weighted by atomic mass is 32.2. The molecule has 5 amide bonds. The predicted molar refractivity (Wildman–Crippen MR) is 192 cm³/mol. The smallest absolute Gasteiger partial charge is 0.302 e. The van der Waals surface area contributed by atoms with Crippen molar-refractivity contribution >= 4 is 52.3 Å². The van der Waals surface area contributed by atoms with Crippen molar-refractivity contribution in [1.82, 2.24) is 15.5 Å². The molecule has 0 radical (unpaired) electrons. The molecule has 1 aliphatic heterocycles. The van der Waals surface area contributed by atoms with Crippen LogP contribution in [0.15, 0.2) is 30.4 Å². The van der Waals surface area contributed by atoms with Gasteiger partial charge in [-0.25, -0.2) is 4.21 Å². The first-order chi connectivity index (χ1) is 23.9. The van der Waals surface area contributed by atoms with E-state index < -0.39 is 34.9 Å². The van der Waals surface area contributed by atoms with Crippen molar-refractivity contribution in [2.24, 2.45) is 0 Å². The lowest BCUT2D eigenvalue weighted by atomic mass is 10.0.